The second-order valence-corrected chi connectivity index (χ2v) is 4.79. The smallest absolute Gasteiger partial charge is 0.0348 e. The van der Waals surface area contributed by atoms with Gasteiger partial charge in [0.15, 0.2) is 0 Å². The first-order chi connectivity index (χ1) is 5.89. The lowest BCUT2D eigenvalue weighted by Gasteiger charge is -2.52. The van der Waals surface area contributed by atoms with Gasteiger partial charge in [0.05, 0.1) is 0 Å². The summed E-state index contributed by atoms with van der Waals surface area (Å²) in [5.74, 6) is 1.06. The van der Waals surface area contributed by atoms with Gasteiger partial charge < -0.3 is 5.32 Å². The Hall–Kier alpha value is -0.0800. The van der Waals surface area contributed by atoms with Crippen LogP contribution in [0.5, 0.6) is 0 Å². The van der Waals surface area contributed by atoms with E-state index in [0.29, 0.717) is 5.54 Å². The van der Waals surface area contributed by atoms with Gasteiger partial charge in [0.25, 0.3) is 0 Å². The van der Waals surface area contributed by atoms with Crippen LogP contribution in [-0.2, 0) is 0 Å². The van der Waals surface area contributed by atoms with Crippen LogP contribution in [0.1, 0.15) is 25.7 Å². The Labute approximate surface area is 74.3 Å². The maximum atomic E-state index is 3.53. The van der Waals surface area contributed by atoms with Gasteiger partial charge in [-0.15, -0.1) is 0 Å². The second kappa shape index (κ2) is 2.46. The molecular formula is C10H18N2. The first kappa shape index (κ1) is 7.34. The van der Waals surface area contributed by atoms with Crippen molar-refractivity contribution in [2.45, 2.75) is 31.2 Å². The molecule has 0 amide bonds. The Morgan fingerprint density at radius 2 is 2.08 bits per heavy atom. The summed E-state index contributed by atoms with van der Waals surface area (Å²) in [4.78, 5) is 2.76. The molecule has 1 spiro atoms. The molecule has 4 fully saturated rings. The molecule has 4 rings (SSSR count). The molecule has 0 radical (unpaired) electrons. The topological polar surface area (TPSA) is 15.3 Å². The number of nitrogens with zero attached hydrogens (tertiary/aromatic N) is 1. The van der Waals surface area contributed by atoms with E-state index < -0.39 is 0 Å². The third-order valence-electron chi connectivity index (χ3n) is 4.18. The molecule has 0 aromatic rings. The molecule has 4 heterocycles. The van der Waals surface area contributed by atoms with Crippen LogP contribution in [0.15, 0.2) is 0 Å². The van der Waals surface area contributed by atoms with Gasteiger partial charge in [-0.3, -0.25) is 4.90 Å². The number of fused-ring (bicyclic) bond motifs is 2. The van der Waals surface area contributed by atoms with E-state index >= 15 is 0 Å². The lowest BCUT2D eigenvalue weighted by Crippen LogP contribution is -2.59. The largest absolute Gasteiger partial charge is 0.315 e. The monoisotopic (exact) mass is 166 g/mol. The van der Waals surface area contributed by atoms with E-state index in [2.05, 4.69) is 10.2 Å². The minimum atomic E-state index is 0.612. The highest BCUT2D eigenvalue weighted by atomic mass is 15.3. The summed E-state index contributed by atoms with van der Waals surface area (Å²) >= 11 is 0. The van der Waals surface area contributed by atoms with Crippen molar-refractivity contribution in [1.82, 2.24) is 10.2 Å². The Bertz CT molecular complexity index is 176. The van der Waals surface area contributed by atoms with Gasteiger partial charge in [-0.1, -0.05) is 0 Å². The van der Waals surface area contributed by atoms with Crippen molar-refractivity contribution in [3.05, 3.63) is 0 Å². The molecule has 2 nitrogen and oxygen atoms in total. The highest BCUT2D eigenvalue weighted by Crippen LogP contribution is 2.41. The average Bonchev–Trinajstić information content (AvgIpc) is 2.55. The third-order valence-corrected chi connectivity index (χ3v) is 4.18. The standard InChI is InChI=1S/C10H18N2/c1-5-12-6-2-9(1)7-10(12)3-4-11-8-10/h9,11H,1-8H2/t10-/m1/s1. The van der Waals surface area contributed by atoms with E-state index in [1.807, 2.05) is 0 Å². The fraction of sp³-hybridized carbons (Fsp3) is 1.00. The maximum Gasteiger partial charge on any atom is 0.0348 e. The molecule has 4 aliphatic heterocycles. The van der Waals surface area contributed by atoms with E-state index in [0.717, 1.165) is 5.92 Å². The summed E-state index contributed by atoms with van der Waals surface area (Å²) in [6, 6.07) is 0. The predicted octanol–water partition coefficient (Wildman–Crippen LogP) is 0.834. The highest BCUT2D eigenvalue weighted by Gasteiger charge is 2.46. The Kier molecular flexibility index (Phi) is 1.50. The van der Waals surface area contributed by atoms with E-state index in [9.17, 15) is 0 Å². The van der Waals surface area contributed by atoms with E-state index in [-0.39, 0.29) is 0 Å². The molecule has 4 saturated heterocycles. The van der Waals surface area contributed by atoms with Gasteiger partial charge >= 0.3 is 0 Å². The van der Waals surface area contributed by atoms with Crippen LogP contribution < -0.4 is 5.32 Å². The number of nitrogens with one attached hydrogen (secondary N) is 1. The molecule has 0 aliphatic carbocycles. The maximum absolute atomic E-state index is 3.53. The number of piperidine rings is 3. The van der Waals surface area contributed by atoms with Crippen LogP contribution in [-0.4, -0.2) is 36.6 Å². The fourth-order valence-electron chi connectivity index (χ4n) is 3.45. The van der Waals surface area contributed by atoms with Crippen molar-refractivity contribution in [2.75, 3.05) is 26.2 Å². The number of hydrogen-bond acceptors (Lipinski definition) is 2. The lowest BCUT2D eigenvalue weighted by molar-refractivity contribution is -0.0167. The molecule has 0 aromatic carbocycles. The summed E-state index contributed by atoms with van der Waals surface area (Å²) in [5.41, 5.74) is 0.612. The molecule has 0 aromatic heterocycles. The summed E-state index contributed by atoms with van der Waals surface area (Å²) < 4.78 is 0. The van der Waals surface area contributed by atoms with Crippen LogP contribution >= 0.6 is 0 Å². The van der Waals surface area contributed by atoms with Crippen LogP contribution in [0.4, 0.5) is 0 Å². The van der Waals surface area contributed by atoms with Crippen LogP contribution in [0, 0.1) is 5.92 Å². The lowest BCUT2D eigenvalue weighted by atomic mass is 9.74. The molecule has 2 heteroatoms. The summed E-state index contributed by atoms with van der Waals surface area (Å²) in [5, 5.41) is 3.53. The van der Waals surface area contributed by atoms with Gasteiger partial charge in [0, 0.05) is 12.1 Å². The summed E-state index contributed by atoms with van der Waals surface area (Å²) in [6.45, 7) is 5.28. The van der Waals surface area contributed by atoms with Gasteiger partial charge in [0.1, 0.15) is 0 Å². The fourth-order valence-corrected chi connectivity index (χ4v) is 3.45. The molecular weight excluding hydrogens is 148 g/mol. The van der Waals surface area contributed by atoms with Gasteiger partial charge in [-0.05, 0) is 51.2 Å². The van der Waals surface area contributed by atoms with Crippen molar-refractivity contribution < 1.29 is 0 Å². The number of hydrogen-bond donors (Lipinski definition) is 1. The molecule has 68 valence electrons. The predicted molar refractivity (Wildman–Crippen MR) is 49.1 cm³/mol. The first-order valence-electron chi connectivity index (χ1n) is 5.35. The summed E-state index contributed by atoms with van der Waals surface area (Å²) in [7, 11) is 0. The van der Waals surface area contributed by atoms with Crippen LogP contribution in [0.25, 0.3) is 0 Å². The van der Waals surface area contributed by atoms with Crippen molar-refractivity contribution >= 4 is 0 Å². The van der Waals surface area contributed by atoms with E-state index in [1.54, 1.807) is 0 Å². The normalized spacial score (nSPS) is 52.0. The Morgan fingerprint density at radius 1 is 1.25 bits per heavy atom. The molecule has 1 N–H and O–H groups in total. The molecule has 1 atom stereocenters. The first-order valence-corrected chi connectivity index (χ1v) is 5.35. The van der Waals surface area contributed by atoms with Gasteiger partial charge in [0.2, 0.25) is 0 Å². The number of rotatable bonds is 0. The summed E-state index contributed by atoms with van der Waals surface area (Å²) in [6.07, 6.45) is 5.84. The quantitative estimate of drug-likeness (QED) is 0.573. The zero-order valence-electron chi connectivity index (χ0n) is 7.68. The average molecular weight is 166 g/mol. The van der Waals surface area contributed by atoms with E-state index in [1.165, 1.54) is 51.9 Å². The Balaban J connectivity index is 1.86. The highest BCUT2D eigenvalue weighted by molar-refractivity contribution is 5.04. The Morgan fingerprint density at radius 3 is 2.58 bits per heavy atom. The van der Waals surface area contributed by atoms with Gasteiger partial charge in [-0.2, -0.15) is 0 Å². The van der Waals surface area contributed by atoms with Crippen molar-refractivity contribution in [3.63, 3.8) is 0 Å². The van der Waals surface area contributed by atoms with Gasteiger partial charge in [-0.25, -0.2) is 0 Å². The van der Waals surface area contributed by atoms with Crippen molar-refractivity contribution in [3.8, 4) is 0 Å². The second-order valence-electron chi connectivity index (χ2n) is 4.79. The van der Waals surface area contributed by atoms with E-state index in [4.69, 9.17) is 0 Å². The molecule has 2 bridgehead atoms. The van der Waals surface area contributed by atoms with Crippen LogP contribution in [0.3, 0.4) is 0 Å². The minimum absolute atomic E-state index is 0.612. The third kappa shape index (κ3) is 0.882. The SMILES string of the molecule is C1C[C@]2(CN1)CC1CCN2CC1. The van der Waals surface area contributed by atoms with Crippen LogP contribution in [0.2, 0.25) is 0 Å². The minimum Gasteiger partial charge on any atom is -0.315 e. The van der Waals surface area contributed by atoms with Crippen molar-refractivity contribution in [1.29, 1.82) is 0 Å². The van der Waals surface area contributed by atoms with Crippen molar-refractivity contribution in [2.24, 2.45) is 5.92 Å². The zero-order chi connectivity index (χ0) is 8.02. The molecule has 0 unspecified atom stereocenters. The molecule has 0 saturated carbocycles. The zero-order valence-corrected chi connectivity index (χ0v) is 7.68. The molecule has 12 heavy (non-hydrogen) atoms. The molecule has 4 aliphatic rings.